The van der Waals surface area contributed by atoms with Gasteiger partial charge in [-0.15, -0.1) is 6.58 Å². The van der Waals surface area contributed by atoms with Crippen LogP contribution in [-0.2, 0) is 4.79 Å². The zero-order valence-corrected chi connectivity index (χ0v) is 9.81. The number of rotatable bonds is 5. The fourth-order valence-electron chi connectivity index (χ4n) is 2.37. The number of carbonyl (C=O) groups excluding carboxylic acids is 1. The smallest absolute Gasteiger partial charge is 0.217 e. The highest BCUT2D eigenvalue weighted by Crippen LogP contribution is 2.27. The minimum atomic E-state index is -0.0798. The lowest BCUT2D eigenvalue weighted by Crippen LogP contribution is -2.51. The Labute approximate surface area is 92.3 Å². The number of nitrogens with one attached hydrogen (secondary N) is 2. The van der Waals surface area contributed by atoms with Crippen molar-refractivity contribution in [3.05, 3.63) is 12.7 Å². The van der Waals surface area contributed by atoms with Crippen LogP contribution in [0.5, 0.6) is 0 Å². The summed E-state index contributed by atoms with van der Waals surface area (Å²) < 4.78 is 0. The van der Waals surface area contributed by atoms with Gasteiger partial charge in [0.25, 0.3) is 0 Å². The van der Waals surface area contributed by atoms with Gasteiger partial charge >= 0.3 is 0 Å². The van der Waals surface area contributed by atoms with E-state index in [1.807, 2.05) is 6.08 Å². The molecular weight excluding hydrogens is 188 g/mol. The molecule has 2 unspecified atom stereocenters. The lowest BCUT2D eigenvalue weighted by atomic mass is 9.81. The van der Waals surface area contributed by atoms with E-state index in [9.17, 15) is 4.79 Å². The van der Waals surface area contributed by atoms with E-state index in [2.05, 4.69) is 24.1 Å². The molecule has 1 saturated heterocycles. The number of allylic oxidation sites excluding steroid dienone is 1. The van der Waals surface area contributed by atoms with Gasteiger partial charge in [0, 0.05) is 19.0 Å². The Hall–Kier alpha value is -0.830. The Morgan fingerprint density at radius 1 is 1.73 bits per heavy atom. The molecule has 3 nitrogen and oxygen atoms in total. The highest BCUT2D eigenvalue weighted by atomic mass is 16.1. The summed E-state index contributed by atoms with van der Waals surface area (Å²) in [5, 5.41) is 6.46. The van der Waals surface area contributed by atoms with E-state index in [-0.39, 0.29) is 11.4 Å². The molecule has 0 bridgehead atoms. The summed E-state index contributed by atoms with van der Waals surface area (Å²) in [6.07, 6.45) is 4.99. The average Bonchev–Trinajstić information content (AvgIpc) is 2.66. The van der Waals surface area contributed by atoms with Crippen molar-refractivity contribution in [3.63, 3.8) is 0 Å². The van der Waals surface area contributed by atoms with Gasteiger partial charge in [-0.1, -0.05) is 6.08 Å². The molecule has 0 aromatic rings. The first-order chi connectivity index (χ1) is 7.08. The van der Waals surface area contributed by atoms with Crippen LogP contribution in [0.15, 0.2) is 12.7 Å². The van der Waals surface area contributed by atoms with E-state index in [4.69, 9.17) is 0 Å². The van der Waals surface area contributed by atoms with Crippen molar-refractivity contribution in [1.29, 1.82) is 0 Å². The van der Waals surface area contributed by atoms with Crippen molar-refractivity contribution in [1.82, 2.24) is 10.6 Å². The first-order valence-electron chi connectivity index (χ1n) is 5.69. The van der Waals surface area contributed by atoms with Crippen LogP contribution in [0.2, 0.25) is 0 Å². The van der Waals surface area contributed by atoms with E-state index in [1.54, 1.807) is 6.92 Å². The lowest BCUT2D eigenvalue weighted by molar-refractivity contribution is -0.121. The van der Waals surface area contributed by atoms with Gasteiger partial charge in [0.1, 0.15) is 0 Å². The molecule has 2 atom stereocenters. The Kier molecular flexibility index (Phi) is 4.33. The first kappa shape index (κ1) is 12.2. The summed E-state index contributed by atoms with van der Waals surface area (Å²) in [4.78, 5) is 11.2. The summed E-state index contributed by atoms with van der Waals surface area (Å²) in [7, 11) is 0. The van der Waals surface area contributed by atoms with Crippen molar-refractivity contribution in [2.75, 3.05) is 13.1 Å². The maximum atomic E-state index is 11.2. The number of hydrogen-bond donors (Lipinski definition) is 2. The van der Waals surface area contributed by atoms with Crippen LogP contribution in [-0.4, -0.2) is 24.5 Å². The number of carbonyl (C=O) groups is 1. The van der Waals surface area contributed by atoms with Crippen LogP contribution in [0.4, 0.5) is 0 Å². The molecule has 0 aliphatic carbocycles. The zero-order chi connectivity index (χ0) is 11.3. The van der Waals surface area contributed by atoms with Crippen LogP contribution in [0, 0.1) is 5.92 Å². The molecular formula is C12H22N2O. The Bertz CT molecular complexity index is 234. The van der Waals surface area contributed by atoms with Gasteiger partial charge < -0.3 is 10.6 Å². The van der Waals surface area contributed by atoms with Crippen molar-refractivity contribution >= 4 is 5.91 Å². The third-order valence-corrected chi connectivity index (χ3v) is 3.29. The molecule has 0 radical (unpaired) electrons. The van der Waals surface area contributed by atoms with Crippen molar-refractivity contribution in [2.24, 2.45) is 5.92 Å². The maximum Gasteiger partial charge on any atom is 0.217 e. The zero-order valence-electron chi connectivity index (χ0n) is 9.81. The topological polar surface area (TPSA) is 41.1 Å². The molecule has 15 heavy (non-hydrogen) atoms. The van der Waals surface area contributed by atoms with Crippen LogP contribution >= 0.6 is 0 Å². The molecule has 1 rings (SSSR count). The quantitative estimate of drug-likeness (QED) is 0.674. The molecule has 0 aromatic carbocycles. The highest BCUT2D eigenvalue weighted by Gasteiger charge is 2.35. The maximum absolute atomic E-state index is 11.2. The molecule has 3 heteroatoms. The third kappa shape index (κ3) is 3.34. The summed E-state index contributed by atoms with van der Waals surface area (Å²) in [6, 6.07) is 0. The second-order valence-electron chi connectivity index (χ2n) is 4.62. The SMILES string of the molecule is C=CCCC(C)(NC(C)=O)C1CCNC1. The Balaban J connectivity index is 2.64. The van der Waals surface area contributed by atoms with Gasteiger partial charge in [-0.2, -0.15) is 0 Å². The second-order valence-corrected chi connectivity index (χ2v) is 4.62. The molecule has 2 N–H and O–H groups in total. The molecule has 1 aliphatic heterocycles. The molecule has 86 valence electrons. The molecule has 1 aliphatic rings. The molecule has 0 saturated carbocycles. The minimum Gasteiger partial charge on any atom is -0.351 e. The first-order valence-corrected chi connectivity index (χ1v) is 5.69. The van der Waals surface area contributed by atoms with Crippen LogP contribution < -0.4 is 10.6 Å². The van der Waals surface area contributed by atoms with Gasteiger partial charge in [-0.3, -0.25) is 4.79 Å². The monoisotopic (exact) mass is 210 g/mol. The van der Waals surface area contributed by atoms with Gasteiger partial charge in [-0.25, -0.2) is 0 Å². The lowest BCUT2D eigenvalue weighted by Gasteiger charge is -2.36. The average molecular weight is 210 g/mol. The van der Waals surface area contributed by atoms with E-state index >= 15 is 0 Å². The predicted molar refractivity (Wildman–Crippen MR) is 62.6 cm³/mol. The second kappa shape index (κ2) is 5.31. The van der Waals surface area contributed by atoms with Gasteiger partial charge in [0.05, 0.1) is 0 Å². The van der Waals surface area contributed by atoms with Gasteiger partial charge in [0.15, 0.2) is 0 Å². The van der Waals surface area contributed by atoms with Crippen LogP contribution in [0.3, 0.4) is 0 Å². The number of amides is 1. The summed E-state index contributed by atoms with van der Waals surface area (Å²) >= 11 is 0. The van der Waals surface area contributed by atoms with Gasteiger partial charge in [0.2, 0.25) is 5.91 Å². The Morgan fingerprint density at radius 3 is 2.93 bits per heavy atom. The molecule has 0 spiro atoms. The molecule has 1 fully saturated rings. The standard InChI is InChI=1S/C12H22N2O/c1-4-5-7-12(3,14-10(2)15)11-6-8-13-9-11/h4,11,13H,1,5-9H2,2-3H3,(H,14,15). The fourth-order valence-corrected chi connectivity index (χ4v) is 2.37. The summed E-state index contributed by atoms with van der Waals surface area (Å²) in [6.45, 7) is 9.55. The Morgan fingerprint density at radius 2 is 2.47 bits per heavy atom. The summed E-state index contributed by atoms with van der Waals surface area (Å²) in [5.74, 6) is 0.606. The van der Waals surface area contributed by atoms with E-state index in [0.717, 1.165) is 32.4 Å². The van der Waals surface area contributed by atoms with Crippen molar-refractivity contribution in [2.45, 2.75) is 38.6 Å². The highest BCUT2D eigenvalue weighted by molar-refractivity contribution is 5.73. The molecule has 1 amide bonds. The van der Waals surface area contributed by atoms with Crippen LogP contribution in [0.1, 0.15) is 33.1 Å². The minimum absolute atomic E-state index is 0.0634. The van der Waals surface area contributed by atoms with Crippen molar-refractivity contribution < 1.29 is 4.79 Å². The van der Waals surface area contributed by atoms with E-state index < -0.39 is 0 Å². The molecule has 0 aromatic heterocycles. The van der Waals surface area contributed by atoms with Crippen molar-refractivity contribution in [3.8, 4) is 0 Å². The predicted octanol–water partition coefficient (Wildman–Crippen LogP) is 1.46. The normalized spacial score (nSPS) is 24.5. The largest absolute Gasteiger partial charge is 0.351 e. The fraction of sp³-hybridized carbons (Fsp3) is 0.750. The molecule has 1 heterocycles. The number of hydrogen-bond acceptors (Lipinski definition) is 2. The van der Waals surface area contributed by atoms with Gasteiger partial charge in [-0.05, 0) is 38.6 Å². The van der Waals surface area contributed by atoms with E-state index in [1.165, 1.54) is 0 Å². The van der Waals surface area contributed by atoms with E-state index in [0.29, 0.717) is 5.92 Å². The summed E-state index contributed by atoms with van der Waals surface area (Å²) in [5.41, 5.74) is -0.0798. The van der Waals surface area contributed by atoms with Crippen LogP contribution in [0.25, 0.3) is 0 Å². The third-order valence-electron chi connectivity index (χ3n) is 3.29.